The molecule has 0 saturated carbocycles. The van der Waals surface area contributed by atoms with Gasteiger partial charge in [-0.1, -0.05) is 6.08 Å². The summed E-state index contributed by atoms with van der Waals surface area (Å²) < 4.78 is 4.78. The van der Waals surface area contributed by atoms with Crippen molar-refractivity contribution in [2.24, 2.45) is 0 Å². The number of nitrogens with zero attached hydrogens (tertiary/aromatic N) is 1. The van der Waals surface area contributed by atoms with Gasteiger partial charge in [0.25, 0.3) is 0 Å². The van der Waals surface area contributed by atoms with E-state index in [0.29, 0.717) is 0 Å². The number of allylic oxidation sites excluding steroid dienone is 1. The smallest absolute Gasteiger partial charge is 0.330 e. The average Bonchev–Trinajstić information content (AvgIpc) is 1.87. The molecule has 0 radical (unpaired) electrons. The Balaban J connectivity index is 3.68. The van der Waals surface area contributed by atoms with Gasteiger partial charge >= 0.3 is 5.97 Å². The zero-order chi connectivity index (χ0) is 8.69. The molecule has 3 nitrogen and oxygen atoms in total. The average molecular weight is 153 g/mol. The van der Waals surface area contributed by atoms with Crippen LogP contribution in [0.3, 0.4) is 0 Å². The van der Waals surface area contributed by atoms with Crippen LogP contribution in [0.1, 0.15) is 20.3 Å². The summed E-state index contributed by atoms with van der Waals surface area (Å²) in [6.07, 6.45) is 2.85. The molecule has 0 N–H and O–H groups in total. The second-order valence-electron chi connectivity index (χ2n) is 2.11. The van der Waals surface area contributed by atoms with Crippen LogP contribution in [0.25, 0.3) is 0 Å². The predicted molar refractivity (Wildman–Crippen MR) is 40.6 cm³/mol. The number of hydrogen-bond donors (Lipinski definition) is 0. The molecule has 11 heavy (non-hydrogen) atoms. The topological polar surface area (TPSA) is 50.1 Å². The number of ether oxygens (including phenoxy) is 1. The summed E-state index contributed by atoms with van der Waals surface area (Å²) in [7, 11) is 0. The Morgan fingerprint density at radius 2 is 2.45 bits per heavy atom. The minimum absolute atomic E-state index is 0.239. The van der Waals surface area contributed by atoms with Crippen LogP contribution in [-0.4, -0.2) is 12.1 Å². The Kier molecular flexibility index (Phi) is 4.83. The fourth-order valence-electron chi connectivity index (χ4n) is 0.544. The number of rotatable bonds is 3. The van der Waals surface area contributed by atoms with E-state index in [1.807, 2.05) is 6.07 Å². The highest BCUT2D eigenvalue weighted by atomic mass is 16.5. The zero-order valence-corrected chi connectivity index (χ0v) is 6.70. The van der Waals surface area contributed by atoms with Gasteiger partial charge in [-0.25, -0.2) is 4.79 Å². The van der Waals surface area contributed by atoms with Gasteiger partial charge in [0.1, 0.15) is 6.10 Å². The quantitative estimate of drug-likeness (QED) is 0.455. The lowest BCUT2D eigenvalue weighted by Crippen LogP contribution is -2.11. The van der Waals surface area contributed by atoms with E-state index in [2.05, 4.69) is 0 Å². The molecule has 0 fully saturated rings. The molecule has 0 aromatic heterocycles. The van der Waals surface area contributed by atoms with E-state index in [9.17, 15) is 4.79 Å². The van der Waals surface area contributed by atoms with Crippen molar-refractivity contribution in [3.05, 3.63) is 12.2 Å². The van der Waals surface area contributed by atoms with Gasteiger partial charge in [0, 0.05) is 6.08 Å². The van der Waals surface area contributed by atoms with Crippen molar-refractivity contribution >= 4 is 5.97 Å². The van der Waals surface area contributed by atoms with Crippen molar-refractivity contribution in [2.45, 2.75) is 26.4 Å². The molecule has 0 spiro atoms. The van der Waals surface area contributed by atoms with Crippen LogP contribution in [0.5, 0.6) is 0 Å². The molecule has 0 bridgehead atoms. The number of carbonyl (C=O) groups is 1. The maximum atomic E-state index is 10.7. The molecule has 0 rings (SSSR count). The van der Waals surface area contributed by atoms with Crippen molar-refractivity contribution in [3.8, 4) is 6.07 Å². The number of carbonyl (C=O) groups excluding carboxylic acids is 1. The van der Waals surface area contributed by atoms with E-state index < -0.39 is 5.97 Å². The third-order valence-corrected chi connectivity index (χ3v) is 0.999. The first-order valence-electron chi connectivity index (χ1n) is 3.41. The van der Waals surface area contributed by atoms with Gasteiger partial charge in [-0.3, -0.25) is 0 Å². The normalized spacial score (nSPS) is 12.5. The standard InChI is InChI=1S/C8H11NO2/c1-3-4-8(10)11-7(2)5-6-9/h3-4,7H,5H2,1-2H3/b4-3+. The molecule has 0 heterocycles. The number of hydrogen-bond acceptors (Lipinski definition) is 3. The lowest BCUT2D eigenvalue weighted by molar-refractivity contribution is -0.141. The van der Waals surface area contributed by atoms with Crippen LogP contribution in [0.2, 0.25) is 0 Å². The monoisotopic (exact) mass is 153 g/mol. The summed E-state index contributed by atoms with van der Waals surface area (Å²) in [5.41, 5.74) is 0. The Morgan fingerprint density at radius 1 is 1.82 bits per heavy atom. The van der Waals surface area contributed by atoms with Crippen molar-refractivity contribution in [3.63, 3.8) is 0 Å². The van der Waals surface area contributed by atoms with Crippen molar-refractivity contribution in [1.29, 1.82) is 5.26 Å². The third kappa shape index (κ3) is 5.16. The van der Waals surface area contributed by atoms with Gasteiger partial charge in [0.15, 0.2) is 0 Å². The largest absolute Gasteiger partial charge is 0.458 e. The van der Waals surface area contributed by atoms with Gasteiger partial charge in [0.2, 0.25) is 0 Å². The Morgan fingerprint density at radius 3 is 2.91 bits per heavy atom. The maximum Gasteiger partial charge on any atom is 0.330 e. The molecular weight excluding hydrogens is 142 g/mol. The fraction of sp³-hybridized carbons (Fsp3) is 0.500. The molecule has 0 aliphatic rings. The summed E-state index contributed by atoms with van der Waals surface area (Å²) in [5.74, 6) is -0.393. The molecule has 0 saturated heterocycles. The second kappa shape index (κ2) is 5.48. The highest BCUT2D eigenvalue weighted by molar-refractivity contribution is 5.81. The van der Waals surface area contributed by atoms with Crippen LogP contribution in [-0.2, 0) is 9.53 Å². The first kappa shape index (κ1) is 9.70. The molecular formula is C8H11NO2. The second-order valence-corrected chi connectivity index (χ2v) is 2.11. The highest BCUT2D eigenvalue weighted by Crippen LogP contribution is 1.96. The molecule has 3 heteroatoms. The molecule has 0 aliphatic heterocycles. The minimum Gasteiger partial charge on any atom is -0.458 e. The van der Waals surface area contributed by atoms with Crippen LogP contribution < -0.4 is 0 Å². The number of esters is 1. The summed E-state index contributed by atoms with van der Waals surface area (Å²) in [6.45, 7) is 3.42. The molecule has 0 aromatic carbocycles. The van der Waals surface area contributed by atoms with Crippen LogP contribution in [0, 0.1) is 11.3 Å². The summed E-state index contributed by atoms with van der Waals surface area (Å²) in [6, 6.07) is 1.91. The maximum absolute atomic E-state index is 10.7. The van der Waals surface area contributed by atoms with Crippen LogP contribution >= 0.6 is 0 Å². The Bertz CT molecular complexity index is 191. The van der Waals surface area contributed by atoms with Crippen LogP contribution in [0.15, 0.2) is 12.2 Å². The molecule has 0 aromatic rings. The third-order valence-electron chi connectivity index (χ3n) is 0.999. The van der Waals surface area contributed by atoms with Gasteiger partial charge in [-0.2, -0.15) is 5.26 Å². The van der Waals surface area contributed by atoms with Gasteiger partial charge in [-0.05, 0) is 13.8 Å². The zero-order valence-electron chi connectivity index (χ0n) is 6.70. The van der Waals surface area contributed by atoms with Gasteiger partial charge in [-0.15, -0.1) is 0 Å². The van der Waals surface area contributed by atoms with Crippen LogP contribution in [0.4, 0.5) is 0 Å². The summed E-state index contributed by atoms with van der Waals surface area (Å²) in [4.78, 5) is 10.7. The molecule has 1 unspecified atom stereocenters. The lowest BCUT2D eigenvalue weighted by atomic mass is 10.3. The summed E-state index contributed by atoms with van der Waals surface area (Å²) in [5, 5.41) is 8.22. The minimum atomic E-state index is -0.393. The first-order valence-corrected chi connectivity index (χ1v) is 3.41. The van der Waals surface area contributed by atoms with Crippen molar-refractivity contribution < 1.29 is 9.53 Å². The highest BCUT2D eigenvalue weighted by Gasteiger charge is 2.04. The van der Waals surface area contributed by atoms with E-state index >= 15 is 0 Å². The van der Waals surface area contributed by atoms with Crippen molar-refractivity contribution in [2.75, 3.05) is 0 Å². The van der Waals surface area contributed by atoms with E-state index in [4.69, 9.17) is 10.00 Å². The molecule has 0 amide bonds. The first-order chi connectivity index (χ1) is 5.20. The van der Waals surface area contributed by atoms with Gasteiger partial charge < -0.3 is 4.74 Å². The summed E-state index contributed by atoms with van der Waals surface area (Å²) >= 11 is 0. The molecule has 1 atom stereocenters. The fourth-order valence-corrected chi connectivity index (χ4v) is 0.544. The van der Waals surface area contributed by atoms with Crippen molar-refractivity contribution in [1.82, 2.24) is 0 Å². The predicted octanol–water partition coefficient (Wildman–Crippen LogP) is 1.41. The number of nitriles is 1. The van der Waals surface area contributed by atoms with E-state index in [0.717, 1.165) is 0 Å². The van der Waals surface area contributed by atoms with E-state index in [1.54, 1.807) is 19.9 Å². The van der Waals surface area contributed by atoms with E-state index in [-0.39, 0.29) is 12.5 Å². The molecule has 0 aliphatic carbocycles. The SMILES string of the molecule is C/C=C/C(=O)OC(C)CC#N. The van der Waals surface area contributed by atoms with E-state index in [1.165, 1.54) is 6.08 Å². The Hall–Kier alpha value is -1.30. The molecule has 60 valence electrons. The lowest BCUT2D eigenvalue weighted by Gasteiger charge is -2.06. The Labute approximate surface area is 66.3 Å². The van der Waals surface area contributed by atoms with Gasteiger partial charge in [0.05, 0.1) is 12.5 Å².